The van der Waals surface area contributed by atoms with Crippen molar-refractivity contribution < 1.29 is 14.3 Å². The average molecular weight is 239 g/mol. The molecule has 3 nitrogen and oxygen atoms in total. The van der Waals surface area contributed by atoms with Crippen LogP contribution >= 0.6 is 11.6 Å². The van der Waals surface area contributed by atoms with Crippen molar-refractivity contribution in [3.05, 3.63) is 53.4 Å². The molecule has 0 saturated carbocycles. The largest absolute Gasteiger partial charge is 0.490 e. The van der Waals surface area contributed by atoms with Crippen LogP contribution in [0.25, 0.3) is 0 Å². The van der Waals surface area contributed by atoms with Crippen molar-refractivity contribution in [1.29, 1.82) is 0 Å². The summed E-state index contributed by atoms with van der Waals surface area (Å²) in [6.45, 7) is 0.148. The predicted molar refractivity (Wildman–Crippen MR) is 60.6 cm³/mol. The average Bonchev–Trinajstić information content (AvgIpc) is 2.81. The fourth-order valence-corrected chi connectivity index (χ4v) is 1.39. The van der Waals surface area contributed by atoms with Gasteiger partial charge in [0.1, 0.15) is 24.2 Å². The molecule has 0 fully saturated rings. The quantitative estimate of drug-likeness (QED) is 0.890. The fourth-order valence-electron chi connectivity index (χ4n) is 1.27. The van der Waals surface area contributed by atoms with E-state index in [9.17, 15) is 5.11 Å². The summed E-state index contributed by atoms with van der Waals surface area (Å²) >= 11 is 5.74. The number of hydrogen-bond acceptors (Lipinski definition) is 3. The normalized spacial score (nSPS) is 12.4. The Morgan fingerprint density at radius 3 is 2.62 bits per heavy atom. The van der Waals surface area contributed by atoms with Crippen molar-refractivity contribution in [2.45, 2.75) is 6.10 Å². The van der Waals surface area contributed by atoms with Crippen molar-refractivity contribution in [2.75, 3.05) is 6.61 Å². The molecule has 0 spiro atoms. The van der Waals surface area contributed by atoms with Crippen molar-refractivity contribution >= 4 is 11.6 Å². The van der Waals surface area contributed by atoms with Gasteiger partial charge in [-0.3, -0.25) is 0 Å². The molecule has 0 saturated heterocycles. The highest BCUT2D eigenvalue weighted by Gasteiger charge is 2.10. The standard InChI is InChI=1S/C12H11ClO3/c13-9-3-5-10(6-4-9)16-8-11(14)12-2-1-7-15-12/h1-7,11,14H,8H2. The first-order valence-corrected chi connectivity index (χ1v) is 5.23. The van der Waals surface area contributed by atoms with Gasteiger partial charge in [-0.25, -0.2) is 0 Å². The summed E-state index contributed by atoms with van der Waals surface area (Å²) in [6.07, 6.45) is 0.756. The van der Waals surface area contributed by atoms with Crippen LogP contribution in [0.2, 0.25) is 5.02 Å². The molecule has 0 amide bonds. The van der Waals surface area contributed by atoms with E-state index in [0.717, 1.165) is 0 Å². The van der Waals surface area contributed by atoms with Crippen molar-refractivity contribution in [1.82, 2.24) is 0 Å². The monoisotopic (exact) mass is 238 g/mol. The van der Waals surface area contributed by atoms with Crippen LogP contribution in [0.4, 0.5) is 0 Å². The van der Waals surface area contributed by atoms with Crippen molar-refractivity contribution in [3.8, 4) is 5.75 Å². The van der Waals surface area contributed by atoms with Crippen LogP contribution in [-0.4, -0.2) is 11.7 Å². The fraction of sp³-hybridized carbons (Fsp3) is 0.167. The van der Waals surface area contributed by atoms with E-state index in [1.54, 1.807) is 36.4 Å². The number of rotatable bonds is 4. The predicted octanol–water partition coefficient (Wildman–Crippen LogP) is 3.05. The molecule has 1 unspecified atom stereocenters. The van der Waals surface area contributed by atoms with Crippen LogP contribution in [-0.2, 0) is 0 Å². The number of furan rings is 1. The Labute approximate surface area is 98.2 Å². The third-order valence-corrected chi connectivity index (χ3v) is 2.35. The van der Waals surface area contributed by atoms with Gasteiger partial charge in [-0.15, -0.1) is 0 Å². The summed E-state index contributed by atoms with van der Waals surface area (Å²) in [5.41, 5.74) is 0. The van der Waals surface area contributed by atoms with Crippen LogP contribution < -0.4 is 4.74 Å². The van der Waals surface area contributed by atoms with E-state index in [1.165, 1.54) is 6.26 Å². The molecule has 0 bridgehead atoms. The van der Waals surface area contributed by atoms with Gasteiger partial charge in [0.25, 0.3) is 0 Å². The first-order valence-electron chi connectivity index (χ1n) is 4.85. The Kier molecular flexibility index (Phi) is 3.49. The minimum absolute atomic E-state index is 0.148. The molecule has 0 aliphatic heterocycles. The molecule has 84 valence electrons. The number of aliphatic hydroxyl groups is 1. The minimum Gasteiger partial charge on any atom is -0.490 e. The topological polar surface area (TPSA) is 42.6 Å². The minimum atomic E-state index is -0.759. The van der Waals surface area contributed by atoms with Gasteiger partial charge in [0.05, 0.1) is 6.26 Å². The number of aliphatic hydroxyl groups excluding tert-OH is 1. The summed E-state index contributed by atoms with van der Waals surface area (Å²) in [4.78, 5) is 0. The van der Waals surface area contributed by atoms with Crippen molar-refractivity contribution in [3.63, 3.8) is 0 Å². The molecule has 1 N–H and O–H groups in total. The second kappa shape index (κ2) is 5.05. The van der Waals surface area contributed by atoms with E-state index in [4.69, 9.17) is 20.8 Å². The molecule has 4 heteroatoms. The highest BCUT2D eigenvalue weighted by atomic mass is 35.5. The van der Waals surface area contributed by atoms with Gasteiger partial charge < -0.3 is 14.3 Å². The maximum Gasteiger partial charge on any atom is 0.145 e. The summed E-state index contributed by atoms with van der Waals surface area (Å²) in [5.74, 6) is 1.16. The van der Waals surface area contributed by atoms with E-state index < -0.39 is 6.10 Å². The van der Waals surface area contributed by atoms with E-state index in [-0.39, 0.29) is 6.61 Å². The Morgan fingerprint density at radius 2 is 2.00 bits per heavy atom. The van der Waals surface area contributed by atoms with Crippen LogP contribution in [0.5, 0.6) is 5.75 Å². The lowest BCUT2D eigenvalue weighted by Gasteiger charge is -2.10. The number of hydrogen-bond donors (Lipinski definition) is 1. The van der Waals surface area contributed by atoms with Crippen LogP contribution in [0.1, 0.15) is 11.9 Å². The lowest BCUT2D eigenvalue weighted by Crippen LogP contribution is -2.08. The lowest BCUT2D eigenvalue weighted by molar-refractivity contribution is 0.0888. The molecule has 0 aliphatic rings. The van der Waals surface area contributed by atoms with E-state index in [1.807, 2.05) is 0 Å². The SMILES string of the molecule is OC(COc1ccc(Cl)cc1)c1ccco1. The molecular formula is C12H11ClO3. The van der Waals surface area contributed by atoms with Crippen molar-refractivity contribution in [2.24, 2.45) is 0 Å². The molecule has 0 aliphatic carbocycles. The van der Waals surface area contributed by atoms with Gasteiger partial charge in [-0.1, -0.05) is 11.6 Å². The number of ether oxygens (including phenoxy) is 1. The Balaban J connectivity index is 1.90. The zero-order valence-corrected chi connectivity index (χ0v) is 9.22. The highest BCUT2D eigenvalue weighted by Crippen LogP contribution is 2.18. The Morgan fingerprint density at radius 1 is 1.25 bits per heavy atom. The maximum absolute atomic E-state index is 9.68. The van der Waals surface area contributed by atoms with E-state index in [2.05, 4.69) is 0 Å². The van der Waals surface area contributed by atoms with E-state index in [0.29, 0.717) is 16.5 Å². The smallest absolute Gasteiger partial charge is 0.145 e. The zero-order chi connectivity index (χ0) is 11.4. The summed E-state index contributed by atoms with van der Waals surface area (Å²) in [7, 11) is 0. The van der Waals surface area contributed by atoms with Gasteiger partial charge in [0, 0.05) is 5.02 Å². The summed E-state index contributed by atoms with van der Waals surface area (Å²) in [6, 6.07) is 10.4. The van der Waals surface area contributed by atoms with Gasteiger partial charge in [0.15, 0.2) is 0 Å². The molecule has 16 heavy (non-hydrogen) atoms. The first-order chi connectivity index (χ1) is 7.75. The second-order valence-electron chi connectivity index (χ2n) is 3.30. The summed E-state index contributed by atoms with van der Waals surface area (Å²) < 4.78 is 10.4. The van der Waals surface area contributed by atoms with Gasteiger partial charge in [0.2, 0.25) is 0 Å². The summed E-state index contributed by atoms with van der Waals surface area (Å²) in [5, 5.41) is 10.3. The third-order valence-electron chi connectivity index (χ3n) is 2.09. The lowest BCUT2D eigenvalue weighted by atomic mass is 10.3. The number of halogens is 1. The molecule has 2 aromatic rings. The van der Waals surface area contributed by atoms with E-state index >= 15 is 0 Å². The van der Waals surface area contributed by atoms with Crippen LogP contribution in [0.15, 0.2) is 47.1 Å². The molecule has 1 heterocycles. The molecule has 1 atom stereocenters. The zero-order valence-electron chi connectivity index (χ0n) is 8.47. The third kappa shape index (κ3) is 2.78. The van der Waals surface area contributed by atoms with Gasteiger partial charge in [-0.05, 0) is 36.4 Å². The Hall–Kier alpha value is -1.45. The molecular weight excluding hydrogens is 228 g/mol. The number of benzene rings is 1. The molecule has 0 radical (unpaired) electrons. The van der Waals surface area contributed by atoms with Crippen LogP contribution in [0, 0.1) is 0 Å². The first kappa shape index (κ1) is 11.0. The highest BCUT2D eigenvalue weighted by molar-refractivity contribution is 6.30. The van der Waals surface area contributed by atoms with Gasteiger partial charge in [-0.2, -0.15) is 0 Å². The second-order valence-corrected chi connectivity index (χ2v) is 3.73. The maximum atomic E-state index is 9.68. The Bertz CT molecular complexity index is 422. The van der Waals surface area contributed by atoms with Crippen LogP contribution in [0.3, 0.4) is 0 Å². The molecule has 1 aromatic heterocycles. The molecule has 2 rings (SSSR count). The van der Waals surface area contributed by atoms with Gasteiger partial charge >= 0.3 is 0 Å². The molecule has 1 aromatic carbocycles.